The third-order valence-corrected chi connectivity index (χ3v) is 2.54. The van der Waals surface area contributed by atoms with Crippen LogP contribution in [0.3, 0.4) is 0 Å². The van der Waals surface area contributed by atoms with Crippen molar-refractivity contribution in [2.75, 3.05) is 13.2 Å². The molecular weight excluding hydrogens is 230 g/mol. The summed E-state index contributed by atoms with van der Waals surface area (Å²) in [5, 5.41) is 0.578. The summed E-state index contributed by atoms with van der Waals surface area (Å²) in [4.78, 5) is 24.0. The van der Waals surface area contributed by atoms with Crippen molar-refractivity contribution in [2.45, 2.75) is 6.42 Å². The number of cyclic esters (lactones) is 1. The molecule has 1 aliphatic heterocycles. The van der Waals surface area contributed by atoms with Gasteiger partial charge in [-0.05, 0) is 17.7 Å². The van der Waals surface area contributed by atoms with Crippen molar-refractivity contribution in [1.29, 1.82) is 0 Å². The van der Waals surface area contributed by atoms with Crippen molar-refractivity contribution < 1.29 is 14.3 Å². The molecule has 1 saturated heterocycles. The van der Waals surface area contributed by atoms with Gasteiger partial charge in [-0.2, -0.15) is 0 Å². The molecule has 0 radical (unpaired) electrons. The number of halogens is 1. The maximum absolute atomic E-state index is 11.7. The molecule has 2 amide bonds. The molecule has 0 aromatic heterocycles. The number of hydrogen-bond donors (Lipinski definition) is 0. The predicted molar refractivity (Wildman–Crippen MR) is 58.2 cm³/mol. The van der Waals surface area contributed by atoms with E-state index in [1.807, 2.05) is 0 Å². The zero-order valence-electron chi connectivity index (χ0n) is 8.48. The lowest BCUT2D eigenvalue weighted by Crippen LogP contribution is -2.32. The fourth-order valence-electron chi connectivity index (χ4n) is 1.54. The molecule has 1 aliphatic rings. The van der Waals surface area contributed by atoms with E-state index in [9.17, 15) is 9.59 Å². The summed E-state index contributed by atoms with van der Waals surface area (Å²) in [6.45, 7) is 0.609. The lowest BCUT2D eigenvalue weighted by atomic mass is 10.1. The van der Waals surface area contributed by atoms with E-state index in [1.54, 1.807) is 24.3 Å². The van der Waals surface area contributed by atoms with E-state index in [4.69, 9.17) is 11.6 Å². The van der Waals surface area contributed by atoms with E-state index in [0.717, 1.165) is 10.5 Å². The molecule has 84 valence electrons. The van der Waals surface area contributed by atoms with Gasteiger partial charge in [0, 0.05) is 5.02 Å². The second-order valence-electron chi connectivity index (χ2n) is 3.47. The van der Waals surface area contributed by atoms with Gasteiger partial charge in [-0.3, -0.25) is 4.79 Å². The summed E-state index contributed by atoms with van der Waals surface area (Å²) in [6, 6.07) is 7.01. The molecule has 4 nitrogen and oxygen atoms in total. The minimum Gasteiger partial charge on any atom is -0.447 e. The van der Waals surface area contributed by atoms with Gasteiger partial charge in [0.2, 0.25) is 5.91 Å². The maximum Gasteiger partial charge on any atom is 0.416 e. The second kappa shape index (κ2) is 4.53. The highest BCUT2D eigenvalue weighted by Gasteiger charge is 2.27. The average molecular weight is 240 g/mol. The van der Waals surface area contributed by atoms with E-state index in [1.165, 1.54) is 0 Å². The number of imide groups is 1. The van der Waals surface area contributed by atoms with Crippen LogP contribution in [0.5, 0.6) is 0 Å². The summed E-state index contributed by atoms with van der Waals surface area (Å²) < 4.78 is 4.69. The SMILES string of the molecule is O=C(Cc1cccc(Cl)c1)N1CCOC1=O. The Morgan fingerprint density at radius 3 is 2.94 bits per heavy atom. The van der Waals surface area contributed by atoms with Gasteiger partial charge in [-0.25, -0.2) is 9.69 Å². The summed E-state index contributed by atoms with van der Waals surface area (Å²) in [7, 11) is 0. The van der Waals surface area contributed by atoms with Crippen LogP contribution in [0.2, 0.25) is 5.02 Å². The first-order valence-electron chi connectivity index (χ1n) is 4.88. The molecule has 2 rings (SSSR count). The highest BCUT2D eigenvalue weighted by molar-refractivity contribution is 6.30. The predicted octanol–water partition coefficient (Wildman–Crippen LogP) is 1.86. The number of rotatable bonds is 2. The second-order valence-corrected chi connectivity index (χ2v) is 3.90. The Kier molecular flexibility index (Phi) is 3.10. The first kappa shape index (κ1) is 11.0. The van der Waals surface area contributed by atoms with Crippen molar-refractivity contribution >= 4 is 23.6 Å². The van der Waals surface area contributed by atoms with Gasteiger partial charge >= 0.3 is 6.09 Å². The molecule has 0 unspecified atom stereocenters. The number of benzene rings is 1. The Hall–Kier alpha value is -1.55. The monoisotopic (exact) mass is 239 g/mol. The molecule has 0 aliphatic carbocycles. The molecule has 0 bridgehead atoms. The van der Waals surface area contributed by atoms with Gasteiger partial charge in [0.25, 0.3) is 0 Å². The summed E-state index contributed by atoms with van der Waals surface area (Å²) in [5.41, 5.74) is 0.789. The van der Waals surface area contributed by atoms with Crippen LogP contribution < -0.4 is 0 Å². The van der Waals surface area contributed by atoms with Gasteiger partial charge in [-0.15, -0.1) is 0 Å². The molecule has 5 heteroatoms. The first-order chi connectivity index (χ1) is 7.66. The molecule has 16 heavy (non-hydrogen) atoms. The largest absolute Gasteiger partial charge is 0.447 e. The number of ether oxygens (including phenoxy) is 1. The fraction of sp³-hybridized carbons (Fsp3) is 0.273. The summed E-state index contributed by atoms with van der Waals surface area (Å²) in [6.07, 6.45) is -0.401. The van der Waals surface area contributed by atoms with Gasteiger partial charge in [0.05, 0.1) is 13.0 Å². The third-order valence-electron chi connectivity index (χ3n) is 2.31. The maximum atomic E-state index is 11.7. The molecule has 0 spiro atoms. The lowest BCUT2D eigenvalue weighted by Gasteiger charge is -2.10. The van der Waals surface area contributed by atoms with Crippen LogP contribution >= 0.6 is 11.6 Å². The van der Waals surface area contributed by atoms with Crippen LogP contribution in [0.15, 0.2) is 24.3 Å². The quantitative estimate of drug-likeness (QED) is 0.792. The Morgan fingerprint density at radius 1 is 1.50 bits per heavy atom. The molecular formula is C11H10ClNO3. The molecule has 0 saturated carbocycles. The van der Waals surface area contributed by atoms with Crippen LogP contribution in [0, 0.1) is 0 Å². The smallest absolute Gasteiger partial charge is 0.416 e. The standard InChI is InChI=1S/C11H10ClNO3/c12-9-3-1-2-8(6-9)7-10(14)13-4-5-16-11(13)15/h1-3,6H,4-5,7H2. The highest BCUT2D eigenvalue weighted by Crippen LogP contribution is 2.13. The number of carbonyl (C=O) groups is 2. The van der Waals surface area contributed by atoms with Crippen LogP contribution in [0.25, 0.3) is 0 Å². The van der Waals surface area contributed by atoms with E-state index < -0.39 is 6.09 Å². The number of hydrogen-bond acceptors (Lipinski definition) is 3. The van der Waals surface area contributed by atoms with Crippen LogP contribution in [-0.4, -0.2) is 30.1 Å². The number of amides is 2. The van der Waals surface area contributed by atoms with Crippen molar-refractivity contribution in [1.82, 2.24) is 4.90 Å². The Bertz CT molecular complexity index is 433. The topological polar surface area (TPSA) is 46.6 Å². The third kappa shape index (κ3) is 2.33. The summed E-state index contributed by atoms with van der Waals surface area (Å²) >= 11 is 5.80. The average Bonchev–Trinajstić information content (AvgIpc) is 2.64. The van der Waals surface area contributed by atoms with E-state index in [-0.39, 0.29) is 18.9 Å². The molecule has 1 heterocycles. The minimum absolute atomic E-state index is 0.162. The Morgan fingerprint density at radius 2 is 2.31 bits per heavy atom. The highest BCUT2D eigenvalue weighted by atomic mass is 35.5. The van der Waals surface area contributed by atoms with Crippen molar-refractivity contribution in [2.24, 2.45) is 0 Å². The van der Waals surface area contributed by atoms with Crippen molar-refractivity contribution in [3.63, 3.8) is 0 Å². The molecule has 1 aromatic rings. The Balaban J connectivity index is 2.04. The van der Waals surface area contributed by atoms with Gasteiger partial charge < -0.3 is 4.74 Å². The molecule has 0 atom stereocenters. The first-order valence-corrected chi connectivity index (χ1v) is 5.26. The van der Waals surface area contributed by atoms with Gasteiger partial charge in [0.1, 0.15) is 6.61 Å². The van der Waals surface area contributed by atoms with Crippen molar-refractivity contribution in [3.8, 4) is 0 Å². The van der Waals surface area contributed by atoms with E-state index >= 15 is 0 Å². The number of carbonyl (C=O) groups excluding carboxylic acids is 2. The molecule has 1 fully saturated rings. The number of nitrogens with zero attached hydrogens (tertiary/aromatic N) is 1. The van der Waals surface area contributed by atoms with Gasteiger partial charge in [-0.1, -0.05) is 23.7 Å². The zero-order chi connectivity index (χ0) is 11.5. The minimum atomic E-state index is -0.563. The lowest BCUT2D eigenvalue weighted by molar-refractivity contribution is -0.127. The fourth-order valence-corrected chi connectivity index (χ4v) is 1.75. The normalized spacial score (nSPS) is 15.1. The molecule has 1 aromatic carbocycles. The summed E-state index contributed by atoms with van der Waals surface area (Å²) in [5.74, 6) is -0.259. The molecule has 0 N–H and O–H groups in total. The van der Waals surface area contributed by atoms with Crippen LogP contribution in [0.4, 0.5) is 4.79 Å². The zero-order valence-corrected chi connectivity index (χ0v) is 9.24. The van der Waals surface area contributed by atoms with E-state index in [0.29, 0.717) is 11.6 Å². The van der Waals surface area contributed by atoms with E-state index in [2.05, 4.69) is 4.74 Å². The van der Waals surface area contributed by atoms with Crippen LogP contribution in [0.1, 0.15) is 5.56 Å². The van der Waals surface area contributed by atoms with Crippen molar-refractivity contribution in [3.05, 3.63) is 34.9 Å². The van der Waals surface area contributed by atoms with Gasteiger partial charge in [0.15, 0.2) is 0 Å². The Labute approximate surface area is 97.7 Å². The van der Waals surface area contributed by atoms with Crippen LogP contribution in [-0.2, 0) is 16.0 Å².